The Hall–Kier alpha value is -3.63. The van der Waals surface area contributed by atoms with E-state index in [9.17, 15) is 0 Å². The van der Waals surface area contributed by atoms with Crippen LogP contribution in [0.25, 0.3) is 21.9 Å². The average molecular weight is 404 g/mol. The molecule has 7 nitrogen and oxygen atoms in total. The highest BCUT2D eigenvalue weighted by atomic mass is 35.5. The summed E-state index contributed by atoms with van der Waals surface area (Å²) in [6.45, 7) is 3.78. The first-order valence-electron chi connectivity index (χ1n) is 8.97. The van der Waals surface area contributed by atoms with Gasteiger partial charge in [-0.2, -0.15) is 10.4 Å². The molecule has 29 heavy (non-hydrogen) atoms. The van der Waals surface area contributed by atoms with E-state index in [1.54, 1.807) is 42.6 Å². The molecule has 8 heteroatoms. The highest BCUT2D eigenvalue weighted by Crippen LogP contribution is 2.39. The van der Waals surface area contributed by atoms with E-state index in [2.05, 4.69) is 26.5 Å². The molecular weight excluding hydrogens is 386 g/mol. The van der Waals surface area contributed by atoms with Crippen molar-refractivity contribution in [3.63, 3.8) is 0 Å². The molecule has 0 radical (unpaired) electrons. The third-order valence-corrected chi connectivity index (χ3v) is 5.19. The number of hydrogen-bond donors (Lipinski definition) is 2. The van der Waals surface area contributed by atoms with Gasteiger partial charge in [0.1, 0.15) is 11.9 Å². The van der Waals surface area contributed by atoms with Gasteiger partial charge < -0.3 is 11.1 Å². The third kappa shape index (κ3) is 3.46. The maximum absolute atomic E-state index is 9.02. The van der Waals surface area contributed by atoms with Crippen molar-refractivity contribution >= 4 is 39.6 Å². The van der Waals surface area contributed by atoms with Gasteiger partial charge in [-0.15, -0.1) is 0 Å². The van der Waals surface area contributed by atoms with Crippen LogP contribution in [0.5, 0.6) is 0 Å². The Morgan fingerprint density at radius 2 is 2.07 bits per heavy atom. The number of nitrogens with two attached hydrogens (primary N) is 1. The molecule has 144 valence electrons. The first-order valence-corrected chi connectivity index (χ1v) is 9.35. The molecule has 3 aromatic heterocycles. The van der Waals surface area contributed by atoms with E-state index < -0.39 is 0 Å². The Morgan fingerprint density at radius 3 is 2.83 bits per heavy atom. The van der Waals surface area contributed by atoms with Gasteiger partial charge in [0.2, 0.25) is 0 Å². The minimum absolute atomic E-state index is 0.345. The first kappa shape index (κ1) is 18.7. The molecule has 0 aliphatic rings. The highest BCUT2D eigenvalue weighted by Gasteiger charge is 2.14. The number of aryl methyl sites for hydroxylation is 1. The molecule has 0 aliphatic heterocycles. The summed E-state index contributed by atoms with van der Waals surface area (Å²) in [6, 6.07) is 7.63. The van der Waals surface area contributed by atoms with E-state index in [-0.39, 0.29) is 6.04 Å². The second kappa shape index (κ2) is 7.41. The van der Waals surface area contributed by atoms with Crippen LogP contribution in [0.4, 0.5) is 17.2 Å². The number of nitrogen functional groups attached to an aromatic ring is 1. The van der Waals surface area contributed by atoms with Gasteiger partial charge >= 0.3 is 0 Å². The number of anilines is 3. The number of fused-ring (bicyclic) bond motifs is 1. The lowest BCUT2D eigenvalue weighted by Crippen LogP contribution is -2.02. The molecule has 1 atom stereocenters. The summed E-state index contributed by atoms with van der Waals surface area (Å²) in [5, 5.41) is 18.6. The molecule has 3 heterocycles. The van der Waals surface area contributed by atoms with Crippen molar-refractivity contribution in [3.8, 4) is 17.2 Å². The number of pyridine rings is 2. The largest absolute Gasteiger partial charge is 0.397 e. The lowest BCUT2D eigenvalue weighted by molar-refractivity contribution is 0.591. The Bertz CT molecular complexity index is 1260. The van der Waals surface area contributed by atoms with Gasteiger partial charge in [0, 0.05) is 41.3 Å². The summed E-state index contributed by atoms with van der Waals surface area (Å²) in [7, 11) is 0. The monoisotopic (exact) mass is 403 g/mol. The van der Waals surface area contributed by atoms with E-state index in [1.165, 1.54) is 0 Å². The minimum Gasteiger partial charge on any atom is -0.397 e. The topological polar surface area (TPSA) is 105 Å². The minimum atomic E-state index is -0.345. The SMILES string of the molecule is Cc1ccncc1-c1cc2cc(Nc3cnn(C(C)C#N)c3)ncc2c(N)c1Cl. The summed E-state index contributed by atoms with van der Waals surface area (Å²) >= 11 is 6.56. The van der Waals surface area contributed by atoms with Crippen LogP contribution in [0, 0.1) is 18.3 Å². The maximum Gasteiger partial charge on any atom is 0.135 e. The van der Waals surface area contributed by atoms with Crippen LogP contribution < -0.4 is 11.1 Å². The fourth-order valence-corrected chi connectivity index (χ4v) is 3.39. The van der Waals surface area contributed by atoms with Gasteiger partial charge in [-0.3, -0.25) is 9.67 Å². The third-order valence-electron chi connectivity index (χ3n) is 4.79. The lowest BCUT2D eigenvalue weighted by Gasteiger charge is -2.13. The number of nitriles is 1. The van der Waals surface area contributed by atoms with Gasteiger partial charge in [0.15, 0.2) is 0 Å². The lowest BCUT2D eigenvalue weighted by atomic mass is 9.99. The summed E-state index contributed by atoms with van der Waals surface area (Å²) in [5.74, 6) is 0.636. The summed E-state index contributed by atoms with van der Waals surface area (Å²) in [5.41, 5.74) is 10.4. The molecule has 0 bridgehead atoms. The van der Waals surface area contributed by atoms with E-state index in [1.807, 2.05) is 25.1 Å². The molecule has 1 aromatic carbocycles. The summed E-state index contributed by atoms with van der Waals surface area (Å²) in [4.78, 5) is 8.65. The summed E-state index contributed by atoms with van der Waals surface area (Å²) in [6.07, 6.45) is 8.64. The zero-order valence-electron chi connectivity index (χ0n) is 15.9. The Morgan fingerprint density at radius 1 is 1.24 bits per heavy atom. The highest BCUT2D eigenvalue weighted by molar-refractivity contribution is 6.37. The second-order valence-corrected chi connectivity index (χ2v) is 7.15. The van der Waals surface area contributed by atoms with Crippen molar-refractivity contribution in [2.45, 2.75) is 19.9 Å². The van der Waals surface area contributed by atoms with Gasteiger partial charge in [-0.1, -0.05) is 11.6 Å². The average Bonchev–Trinajstić information content (AvgIpc) is 3.19. The fourth-order valence-electron chi connectivity index (χ4n) is 3.13. The summed E-state index contributed by atoms with van der Waals surface area (Å²) < 4.78 is 1.59. The Balaban J connectivity index is 1.75. The van der Waals surface area contributed by atoms with Crippen molar-refractivity contribution in [2.24, 2.45) is 0 Å². The van der Waals surface area contributed by atoms with Crippen LogP contribution >= 0.6 is 11.6 Å². The van der Waals surface area contributed by atoms with Crippen molar-refractivity contribution in [2.75, 3.05) is 11.1 Å². The predicted octanol–water partition coefficient (Wildman–Crippen LogP) is 4.87. The number of rotatable bonds is 4. The predicted molar refractivity (Wildman–Crippen MR) is 115 cm³/mol. The van der Waals surface area contributed by atoms with E-state index in [0.717, 1.165) is 33.2 Å². The normalized spacial score (nSPS) is 11.9. The maximum atomic E-state index is 9.02. The van der Waals surface area contributed by atoms with Crippen LogP contribution in [0.15, 0.2) is 49.2 Å². The van der Waals surface area contributed by atoms with Gasteiger partial charge in [0.05, 0.1) is 28.7 Å². The van der Waals surface area contributed by atoms with Crippen LogP contribution in [0.2, 0.25) is 5.02 Å². The Kier molecular flexibility index (Phi) is 4.79. The van der Waals surface area contributed by atoms with Crippen molar-refractivity contribution in [3.05, 3.63) is 59.8 Å². The molecule has 4 aromatic rings. The van der Waals surface area contributed by atoms with Gasteiger partial charge in [0.25, 0.3) is 0 Å². The zero-order chi connectivity index (χ0) is 20.5. The molecule has 0 aliphatic carbocycles. The van der Waals surface area contributed by atoms with Crippen LogP contribution in [-0.2, 0) is 0 Å². The molecular formula is C21H18ClN7. The van der Waals surface area contributed by atoms with Crippen molar-refractivity contribution < 1.29 is 0 Å². The van der Waals surface area contributed by atoms with E-state index in [4.69, 9.17) is 22.6 Å². The van der Waals surface area contributed by atoms with Crippen LogP contribution in [0.1, 0.15) is 18.5 Å². The number of nitrogens with one attached hydrogen (secondary N) is 1. The zero-order valence-corrected chi connectivity index (χ0v) is 16.6. The van der Waals surface area contributed by atoms with Crippen LogP contribution in [0.3, 0.4) is 0 Å². The Labute approximate surface area is 172 Å². The smallest absolute Gasteiger partial charge is 0.135 e. The van der Waals surface area contributed by atoms with E-state index >= 15 is 0 Å². The van der Waals surface area contributed by atoms with E-state index in [0.29, 0.717) is 16.5 Å². The van der Waals surface area contributed by atoms with Crippen LogP contribution in [-0.4, -0.2) is 19.7 Å². The van der Waals surface area contributed by atoms with Crippen molar-refractivity contribution in [1.82, 2.24) is 19.7 Å². The number of aromatic nitrogens is 4. The first-order chi connectivity index (χ1) is 14.0. The molecule has 0 amide bonds. The molecule has 0 spiro atoms. The molecule has 4 rings (SSSR count). The van der Waals surface area contributed by atoms with Crippen molar-refractivity contribution in [1.29, 1.82) is 5.26 Å². The number of benzene rings is 1. The second-order valence-electron chi connectivity index (χ2n) is 6.77. The molecule has 0 saturated carbocycles. The standard InChI is InChI=1S/C21H18ClN7/c1-12-3-4-25-9-17(12)16-5-14-6-19(26-10-18(14)21(24)20(16)22)28-15-8-27-29(11-15)13(2)7-23/h3-6,8-11,13H,24H2,1-2H3,(H,26,28). The number of hydrogen-bond acceptors (Lipinski definition) is 6. The molecule has 1 unspecified atom stereocenters. The fraction of sp³-hybridized carbons (Fsp3) is 0.143. The van der Waals surface area contributed by atoms with Gasteiger partial charge in [-0.05, 0) is 43.0 Å². The molecule has 0 saturated heterocycles. The molecule has 0 fully saturated rings. The quantitative estimate of drug-likeness (QED) is 0.471. The number of halogens is 1. The molecule has 3 N–H and O–H groups in total. The van der Waals surface area contributed by atoms with Gasteiger partial charge in [-0.25, -0.2) is 4.98 Å². The number of nitrogens with zero attached hydrogens (tertiary/aromatic N) is 5.